The predicted molar refractivity (Wildman–Crippen MR) is 138 cm³/mol. The van der Waals surface area contributed by atoms with E-state index in [0.717, 1.165) is 0 Å². The van der Waals surface area contributed by atoms with E-state index in [1.54, 1.807) is 53.5 Å². The normalized spacial score (nSPS) is 55.5. The average molecular weight is 669 g/mol. The summed E-state index contributed by atoms with van der Waals surface area (Å²) in [6.45, 7) is 12.3. The maximum atomic E-state index is 10.3. The summed E-state index contributed by atoms with van der Waals surface area (Å²) in [5.41, 5.74) is -2.04. The van der Waals surface area contributed by atoms with Crippen molar-refractivity contribution in [3.63, 3.8) is 0 Å². The zero-order valence-corrected chi connectivity index (χ0v) is 30.1. The van der Waals surface area contributed by atoms with E-state index < -0.39 is 87.1 Å². The smallest absolute Gasteiger partial charge is 0.396 e. The summed E-state index contributed by atoms with van der Waals surface area (Å²) in [5.74, 6) is 0. The first kappa shape index (κ1) is 29.6. The zero-order chi connectivity index (χ0) is 27.3. The summed E-state index contributed by atoms with van der Waals surface area (Å²) in [6.07, 6.45) is 0. The molecule has 3 N–H and O–H groups in total. The summed E-state index contributed by atoms with van der Waals surface area (Å²) in [7, 11) is -31.3. The Hall–Kier alpha value is 1.14. The minimum Gasteiger partial charge on any atom is -0.396 e. The van der Waals surface area contributed by atoms with E-state index in [9.17, 15) is 15.3 Å². The first-order chi connectivity index (χ1) is 16.9. The second kappa shape index (κ2) is 9.07. The van der Waals surface area contributed by atoms with E-state index in [2.05, 4.69) is 0 Å². The summed E-state index contributed by atoms with van der Waals surface area (Å²) in [5, 5.41) is 30.9. The van der Waals surface area contributed by atoms with Gasteiger partial charge in [0.1, 0.15) is 0 Å². The largest absolute Gasteiger partial charge is 0.484 e. The Kier molecular flexibility index (Phi) is 7.26. The van der Waals surface area contributed by atoms with Crippen molar-refractivity contribution in [1.29, 1.82) is 0 Å². The Balaban J connectivity index is 1.84. The molecule has 0 saturated carbocycles. The van der Waals surface area contributed by atoms with E-state index >= 15 is 0 Å². The molecule has 0 aromatic heterocycles. The number of rotatable bonds is 6. The fourth-order valence-electron chi connectivity index (χ4n) is 5.09. The third-order valence-electron chi connectivity index (χ3n) is 6.69. The molecule has 6 fully saturated rings. The highest BCUT2D eigenvalue weighted by atomic mass is 28.6. The fourth-order valence-corrected chi connectivity index (χ4v) is 52.8. The van der Waals surface area contributed by atoms with Crippen LogP contribution in [0.1, 0.15) is 20.8 Å². The van der Waals surface area contributed by atoms with Gasteiger partial charge in [-0.1, -0.05) is 20.8 Å². The number of hydrogen-bond acceptors (Lipinski definition) is 15. The molecule has 0 aromatic carbocycles. The molecule has 6 aliphatic heterocycles. The van der Waals surface area contributed by atoms with E-state index in [-0.39, 0.29) is 19.8 Å². The van der Waals surface area contributed by atoms with Crippen LogP contribution in [-0.2, 0) is 49.4 Å². The average Bonchev–Trinajstić information content (AvgIpc) is 2.70. The Morgan fingerprint density at radius 2 is 0.568 bits per heavy atom. The molecule has 0 aliphatic carbocycles. The van der Waals surface area contributed by atoms with Crippen molar-refractivity contribution in [3.8, 4) is 0 Å². The summed E-state index contributed by atoms with van der Waals surface area (Å²) in [4.78, 5) is 0. The molecule has 15 nitrogen and oxygen atoms in total. The minimum atomic E-state index is -4.09. The molecule has 7 unspecified atom stereocenters. The highest BCUT2D eigenvalue weighted by molar-refractivity contribution is 7.03. The second-order valence-corrected chi connectivity index (χ2v) is 35.6. The van der Waals surface area contributed by atoms with Crippen LogP contribution in [0, 0.1) is 0 Å². The van der Waals surface area contributed by atoms with E-state index in [1.165, 1.54) is 0 Å². The lowest BCUT2D eigenvalue weighted by molar-refractivity contribution is -0.0317. The van der Waals surface area contributed by atoms with Crippen LogP contribution in [0.15, 0.2) is 0 Å². The van der Waals surface area contributed by atoms with Crippen LogP contribution in [0.4, 0.5) is 0 Å². The maximum Gasteiger partial charge on any atom is 0.484 e. The number of hydrogen-bond donors (Lipinski definition) is 3. The Labute approximate surface area is 224 Å². The number of aliphatic hydroxyl groups is 3. The summed E-state index contributed by atoms with van der Waals surface area (Å²) in [6, 6.07) is 0. The highest BCUT2D eigenvalue weighted by Gasteiger charge is 2.82. The van der Waals surface area contributed by atoms with Crippen LogP contribution in [0.25, 0.3) is 0 Å². The monoisotopic (exact) mass is 668 g/mol. The Morgan fingerprint density at radius 3 is 0.784 bits per heavy atom. The van der Waals surface area contributed by atoms with Gasteiger partial charge in [-0.05, 0) is 0 Å². The third-order valence-corrected chi connectivity index (χ3v) is 43.4. The minimum absolute atomic E-state index is 0.335. The lowest BCUT2D eigenvalue weighted by atomic mass is 10.5. The van der Waals surface area contributed by atoms with Gasteiger partial charge in [-0.3, -0.25) is 0 Å². The molecule has 214 valence electrons. The first-order valence-electron chi connectivity index (χ1n) is 12.2. The lowest BCUT2D eigenvalue weighted by Crippen LogP contribution is -2.88. The molecule has 37 heavy (non-hydrogen) atoms. The molecule has 0 spiro atoms. The van der Waals surface area contributed by atoms with Crippen molar-refractivity contribution in [2.24, 2.45) is 0 Å². The molecular formula is C14H36O15Si8. The van der Waals surface area contributed by atoms with Crippen molar-refractivity contribution < 1.29 is 64.7 Å². The van der Waals surface area contributed by atoms with Gasteiger partial charge in [0.25, 0.3) is 0 Å². The molecular weight excluding hydrogens is 633 g/mol. The van der Waals surface area contributed by atoms with Gasteiger partial charge < -0.3 is 64.7 Å². The van der Waals surface area contributed by atoms with Gasteiger partial charge in [-0.15, -0.1) is 0 Å². The molecule has 23 heteroatoms. The Bertz CT molecular complexity index is 895. The zero-order valence-electron chi connectivity index (χ0n) is 22.1. The van der Waals surface area contributed by atoms with Gasteiger partial charge in [0, 0.05) is 69.2 Å². The fraction of sp³-hybridized carbons (Fsp3) is 1.00. The van der Waals surface area contributed by atoms with Crippen LogP contribution in [-0.4, -0.2) is 106 Å². The van der Waals surface area contributed by atoms with Crippen molar-refractivity contribution in [2.75, 3.05) is 19.8 Å². The van der Waals surface area contributed by atoms with E-state index in [0.29, 0.717) is 0 Å². The van der Waals surface area contributed by atoms with Crippen molar-refractivity contribution in [3.05, 3.63) is 0 Å². The van der Waals surface area contributed by atoms with Crippen molar-refractivity contribution in [1.82, 2.24) is 0 Å². The first-order valence-corrected chi connectivity index (χ1v) is 28.7. The molecule has 8 bridgehead atoms. The molecule has 6 aliphatic rings. The standard InChI is InChI=1S/C14H36O15Si8/c1-12(9-15)35-22-30(4)18-31(5)20-33(7,25-35)27-37(14(3)11-17)28-34(8,26-35)21-32(6,19-30)24-36(23-31,29-37)13(2)10-16/h12-17H,9-11H2,1-8H3. The second-order valence-electron chi connectivity index (χ2n) is 10.6. The van der Waals surface area contributed by atoms with Crippen LogP contribution >= 0.6 is 0 Å². The molecule has 6 rings (SSSR count). The van der Waals surface area contributed by atoms with Gasteiger partial charge in [0.15, 0.2) is 0 Å². The molecule has 0 radical (unpaired) electrons. The van der Waals surface area contributed by atoms with E-state index in [1.807, 2.05) is 0 Å². The molecule has 0 aromatic rings. The molecule has 6 heterocycles. The molecule has 7 atom stereocenters. The van der Waals surface area contributed by atoms with E-state index in [4.69, 9.17) is 49.4 Å². The van der Waals surface area contributed by atoms with Gasteiger partial charge in [-0.2, -0.15) is 0 Å². The van der Waals surface area contributed by atoms with Crippen LogP contribution in [0.2, 0.25) is 49.4 Å². The summed E-state index contributed by atoms with van der Waals surface area (Å²) < 4.78 is 80.1. The highest BCUT2D eigenvalue weighted by Crippen LogP contribution is 2.53. The predicted octanol–water partition coefficient (Wildman–Crippen LogP) is 0.0610. The maximum absolute atomic E-state index is 10.3. The van der Waals surface area contributed by atoms with Gasteiger partial charge in [-0.25, -0.2) is 0 Å². The van der Waals surface area contributed by atoms with Crippen LogP contribution in [0.3, 0.4) is 0 Å². The topological polar surface area (TPSA) is 171 Å². The number of aliphatic hydroxyl groups excluding tert-OH is 3. The van der Waals surface area contributed by atoms with Crippen LogP contribution < -0.4 is 0 Å². The van der Waals surface area contributed by atoms with Gasteiger partial charge in [0.2, 0.25) is 0 Å². The third kappa shape index (κ3) is 4.86. The van der Waals surface area contributed by atoms with Crippen LogP contribution in [0.5, 0.6) is 0 Å². The Morgan fingerprint density at radius 1 is 0.378 bits per heavy atom. The lowest BCUT2D eigenvalue weighted by Gasteiger charge is -2.63. The summed E-state index contributed by atoms with van der Waals surface area (Å²) >= 11 is 0. The van der Waals surface area contributed by atoms with Crippen molar-refractivity contribution >= 4 is 70.4 Å². The molecule has 0 amide bonds. The van der Waals surface area contributed by atoms with Crippen molar-refractivity contribution in [2.45, 2.75) is 70.1 Å². The quantitative estimate of drug-likeness (QED) is 0.324. The van der Waals surface area contributed by atoms with Gasteiger partial charge >= 0.3 is 70.4 Å². The van der Waals surface area contributed by atoms with Gasteiger partial charge in [0.05, 0.1) is 0 Å². The molecule has 6 saturated heterocycles. The SMILES string of the molecule is CC(CO)[Si]12O[Si]3(C)O[Si]4(C)O[Si](C)(O1)O[Si]1(C(C)CO)O[Si](C)(O[Si](C)(O3)O[Si](C(C)CO)(O4)O1)O2.